The second kappa shape index (κ2) is 4.30. The van der Waals surface area contributed by atoms with E-state index < -0.39 is 11.9 Å². The van der Waals surface area contributed by atoms with E-state index in [-0.39, 0.29) is 29.3 Å². The van der Waals surface area contributed by atoms with Crippen molar-refractivity contribution in [3.05, 3.63) is 32.6 Å². The van der Waals surface area contributed by atoms with E-state index >= 15 is 0 Å². The Hall–Kier alpha value is -1.40. The summed E-state index contributed by atoms with van der Waals surface area (Å²) in [4.78, 5) is 25.8. The van der Waals surface area contributed by atoms with E-state index in [9.17, 15) is 9.59 Å². The van der Waals surface area contributed by atoms with Crippen LogP contribution in [0.3, 0.4) is 0 Å². The van der Waals surface area contributed by atoms with E-state index in [0.29, 0.717) is 5.56 Å². The van der Waals surface area contributed by atoms with Crippen LogP contribution >= 0.6 is 0 Å². The summed E-state index contributed by atoms with van der Waals surface area (Å²) in [6, 6.07) is 0. The minimum Gasteiger partial charge on any atom is -0.367 e. The summed E-state index contributed by atoms with van der Waals surface area (Å²) in [6.45, 7) is 7.85. The van der Waals surface area contributed by atoms with Gasteiger partial charge in [0.15, 0.2) is 6.23 Å². The largest absolute Gasteiger partial charge is 0.367 e. The molecule has 0 spiro atoms. The van der Waals surface area contributed by atoms with E-state index in [0.717, 1.165) is 6.42 Å². The Morgan fingerprint density at radius 2 is 2.10 bits per heavy atom. The Balaban J connectivity index is 2.05. The Kier molecular flexibility index (Phi) is 2.92. The highest BCUT2D eigenvalue weighted by molar-refractivity contribution is 5.09. The van der Waals surface area contributed by atoms with E-state index in [4.69, 9.17) is 9.47 Å². The zero-order chi connectivity index (χ0) is 14.7. The highest BCUT2D eigenvalue weighted by Gasteiger charge is 2.62. The predicted octanol–water partition coefficient (Wildman–Crippen LogP) is 0.946. The van der Waals surface area contributed by atoms with Gasteiger partial charge in [0.2, 0.25) is 0 Å². The second-order valence-electron chi connectivity index (χ2n) is 5.83. The maximum atomic E-state index is 12.0. The lowest BCUT2D eigenvalue weighted by molar-refractivity contribution is -0.207. The summed E-state index contributed by atoms with van der Waals surface area (Å²) in [5.74, 6) is 0.214. The summed E-state index contributed by atoms with van der Waals surface area (Å²) >= 11 is 0. The Morgan fingerprint density at radius 3 is 2.70 bits per heavy atom. The van der Waals surface area contributed by atoms with Crippen molar-refractivity contribution in [2.75, 3.05) is 0 Å². The van der Waals surface area contributed by atoms with Crippen LogP contribution in [0.15, 0.2) is 15.8 Å². The SMILES string of the molecule is CC[C@]12O[C@@H](n3cc(C)c(=O)[nH]c3=O)[C@H](O[C@H]1C)[C@@H]2C. The molecular weight excluding hydrogens is 260 g/mol. The van der Waals surface area contributed by atoms with E-state index in [1.165, 1.54) is 4.57 Å². The number of nitrogens with zero attached hydrogens (tertiary/aromatic N) is 1. The molecule has 0 aliphatic carbocycles. The molecule has 0 aromatic carbocycles. The maximum absolute atomic E-state index is 12.0. The fourth-order valence-electron chi connectivity index (χ4n) is 3.61. The molecule has 2 saturated heterocycles. The molecule has 5 atom stereocenters. The minimum atomic E-state index is -0.468. The second-order valence-corrected chi connectivity index (χ2v) is 5.83. The van der Waals surface area contributed by atoms with Crippen molar-refractivity contribution in [3.63, 3.8) is 0 Å². The van der Waals surface area contributed by atoms with Crippen LogP contribution in [0.4, 0.5) is 0 Å². The lowest BCUT2D eigenvalue weighted by Gasteiger charge is -2.36. The van der Waals surface area contributed by atoms with Gasteiger partial charge in [0.05, 0.1) is 6.10 Å². The van der Waals surface area contributed by atoms with E-state index in [1.807, 2.05) is 6.92 Å². The number of fused-ring (bicyclic) bond motifs is 2. The third-order valence-corrected chi connectivity index (χ3v) is 4.91. The van der Waals surface area contributed by atoms with Gasteiger partial charge in [0.25, 0.3) is 5.56 Å². The lowest BCUT2D eigenvalue weighted by atomic mass is 9.84. The quantitative estimate of drug-likeness (QED) is 0.875. The number of ether oxygens (including phenoxy) is 2. The Bertz CT molecular complexity index is 649. The highest BCUT2D eigenvalue weighted by atomic mass is 16.6. The molecule has 0 unspecified atom stereocenters. The lowest BCUT2D eigenvalue weighted by Crippen LogP contribution is -2.45. The number of H-pyrrole nitrogens is 1. The van der Waals surface area contributed by atoms with Crippen LogP contribution in [0.2, 0.25) is 0 Å². The van der Waals surface area contributed by atoms with Gasteiger partial charge in [-0.1, -0.05) is 13.8 Å². The topological polar surface area (TPSA) is 73.3 Å². The summed E-state index contributed by atoms with van der Waals surface area (Å²) in [5.41, 5.74) is -0.671. The molecule has 2 aliphatic heterocycles. The van der Waals surface area contributed by atoms with Gasteiger partial charge in [-0.15, -0.1) is 0 Å². The molecule has 3 rings (SSSR count). The summed E-state index contributed by atoms with van der Waals surface area (Å²) in [7, 11) is 0. The van der Waals surface area contributed by atoms with Gasteiger partial charge in [-0.25, -0.2) is 4.79 Å². The van der Waals surface area contributed by atoms with Gasteiger partial charge in [-0.3, -0.25) is 14.3 Å². The zero-order valence-electron chi connectivity index (χ0n) is 12.2. The summed E-state index contributed by atoms with van der Waals surface area (Å²) in [5, 5.41) is 0. The zero-order valence-corrected chi connectivity index (χ0v) is 12.2. The van der Waals surface area contributed by atoms with Crippen LogP contribution in [-0.4, -0.2) is 27.4 Å². The normalized spacial score (nSPS) is 39.4. The van der Waals surface area contributed by atoms with E-state index in [2.05, 4.69) is 18.8 Å². The molecule has 6 nitrogen and oxygen atoms in total. The molecule has 0 amide bonds. The standard InChI is InChI=1S/C14H20N2O4/c1-5-14-8(3)10(19-9(14)4)12(20-14)16-6-7(2)11(17)15-13(16)18/h6,8-10,12H,5H2,1-4H3,(H,15,17,18)/t8-,9-,10+,12+,14+/m0/s1. The number of hydrogen-bond donors (Lipinski definition) is 1. The molecule has 110 valence electrons. The first-order chi connectivity index (χ1) is 9.40. The van der Waals surface area contributed by atoms with Crippen molar-refractivity contribution >= 4 is 0 Å². The average molecular weight is 280 g/mol. The number of aromatic nitrogens is 2. The number of hydrogen-bond acceptors (Lipinski definition) is 4. The molecule has 2 aliphatic rings. The summed E-state index contributed by atoms with van der Waals surface area (Å²) < 4.78 is 13.6. The van der Waals surface area contributed by atoms with Gasteiger partial charge >= 0.3 is 5.69 Å². The van der Waals surface area contributed by atoms with Crippen molar-refractivity contribution in [1.29, 1.82) is 0 Å². The minimum absolute atomic E-state index is 0.0170. The van der Waals surface area contributed by atoms with Gasteiger partial charge < -0.3 is 9.47 Å². The van der Waals surface area contributed by atoms with E-state index in [1.54, 1.807) is 13.1 Å². The van der Waals surface area contributed by atoms with Crippen molar-refractivity contribution in [2.45, 2.75) is 58.2 Å². The number of nitrogens with one attached hydrogen (secondary N) is 1. The first kappa shape index (κ1) is 13.6. The fraction of sp³-hybridized carbons (Fsp3) is 0.714. The molecular formula is C14H20N2O4. The molecule has 0 radical (unpaired) electrons. The molecule has 20 heavy (non-hydrogen) atoms. The molecule has 1 aromatic rings. The summed E-state index contributed by atoms with van der Waals surface area (Å²) in [6.07, 6.45) is 1.77. The van der Waals surface area contributed by atoms with Crippen LogP contribution < -0.4 is 11.2 Å². The van der Waals surface area contributed by atoms with Gasteiger partial charge in [-0.05, 0) is 20.3 Å². The Morgan fingerprint density at radius 1 is 1.40 bits per heavy atom. The van der Waals surface area contributed by atoms with Gasteiger partial charge in [0.1, 0.15) is 11.7 Å². The van der Waals surface area contributed by atoms with Crippen molar-refractivity contribution in [1.82, 2.24) is 9.55 Å². The molecule has 1 N–H and O–H groups in total. The number of rotatable bonds is 2. The van der Waals surface area contributed by atoms with Gasteiger partial charge in [-0.2, -0.15) is 0 Å². The van der Waals surface area contributed by atoms with Crippen LogP contribution in [0, 0.1) is 12.8 Å². The monoisotopic (exact) mass is 280 g/mol. The molecule has 2 bridgehead atoms. The highest BCUT2D eigenvalue weighted by Crippen LogP contribution is 2.53. The van der Waals surface area contributed by atoms with Crippen molar-refractivity contribution in [3.8, 4) is 0 Å². The Labute approximate surface area is 116 Å². The van der Waals surface area contributed by atoms with Crippen molar-refractivity contribution < 1.29 is 9.47 Å². The molecule has 2 fully saturated rings. The first-order valence-corrected chi connectivity index (χ1v) is 7.06. The number of aryl methyl sites for hydroxylation is 1. The third kappa shape index (κ3) is 1.58. The predicted molar refractivity (Wildman–Crippen MR) is 72.7 cm³/mol. The van der Waals surface area contributed by atoms with Crippen molar-refractivity contribution in [2.24, 2.45) is 5.92 Å². The van der Waals surface area contributed by atoms with Crippen LogP contribution in [0.5, 0.6) is 0 Å². The molecule has 1 aromatic heterocycles. The van der Waals surface area contributed by atoms with Crippen LogP contribution in [0.1, 0.15) is 39.0 Å². The number of aromatic amines is 1. The first-order valence-electron chi connectivity index (χ1n) is 7.06. The average Bonchev–Trinajstić information content (AvgIpc) is 2.81. The third-order valence-electron chi connectivity index (χ3n) is 4.91. The smallest absolute Gasteiger partial charge is 0.330 e. The van der Waals surface area contributed by atoms with Crippen LogP contribution in [-0.2, 0) is 9.47 Å². The molecule has 3 heterocycles. The molecule has 6 heteroatoms. The fourth-order valence-corrected chi connectivity index (χ4v) is 3.61. The maximum Gasteiger partial charge on any atom is 0.330 e. The van der Waals surface area contributed by atoms with Gasteiger partial charge in [0, 0.05) is 17.7 Å². The molecule has 0 saturated carbocycles. The van der Waals surface area contributed by atoms with Crippen LogP contribution in [0.25, 0.3) is 0 Å².